The van der Waals surface area contributed by atoms with Gasteiger partial charge in [-0.2, -0.15) is 0 Å². The van der Waals surface area contributed by atoms with Crippen LogP contribution >= 0.6 is 0 Å². The summed E-state index contributed by atoms with van der Waals surface area (Å²) in [6.07, 6.45) is 7.78. The fourth-order valence-electron chi connectivity index (χ4n) is 7.48. The lowest BCUT2D eigenvalue weighted by atomic mass is 9.67. The molecule has 9 atom stereocenters. The molecule has 2 bridgehead atoms. The number of rotatable bonds is 5. The zero-order valence-electron chi connectivity index (χ0n) is 16.5. The number of ether oxygens (including phenoxy) is 2. The number of hydrogen-bond acceptors (Lipinski definition) is 4. The molecule has 0 spiro atoms. The van der Waals surface area contributed by atoms with Gasteiger partial charge in [-0.15, -0.1) is 0 Å². The number of fused-ring (bicyclic) bond motifs is 5. The Morgan fingerprint density at radius 1 is 1.15 bits per heavy atom. The van der Waals surface area contributed by atoms with E-state index in [4.69, 9.17) is 9.47 Å². The second-order valence-electron chi connectivity index (χ2n) is 9.28. The first-order valence-corrected chi connectivity index (χ1v) is 10.9. The number of esters is 2. The molecular formula is C22H34O4. The topological polar surface area (TPSA) is 52.6 Å². The van der Waals surface area contributed by atoms with Crippen molar-refractivity contribution in [3.8, 4) is 0 Å². The first-order chi connectivity index (χ1) is 12.5. The van der Waals surface area contributed by atoms with Crippen LogP contribution in [0.25, 0.3) is 0 Å². The van der Waals surface area contributed by atoms with Gasteiger partial charge in [0.1, 0.15) is 6.10 Å². The summed E-state index contributed by atoms with van der Waals surface area (Å²) >= 11 is 0. The maximum absolute atomic E-state index is 12.4. The van der Waals surface area contributed by atoms with Crippen LogP contribution < -0.4 is 0 Å². The number of cyclic esters (lactones) is 1. The van der Waals surface area contributed by atoms with Crippen LogP contribution in [-0.2, 0) is 19.1 Å². The molecule has 0 radical (unpaired) electrons. The zero-order chi connectivity index (χ0) is 18.4. The fraction of sp³-hybridized carbons (Fsp3) is 0.909. The summed E-state index contributed by atoms with van der Waals surface area (Å²) in [5.41, 5.74) is 0. The highest BCUT2D eigenvalue weighted by atomic mass is 16.6. The van der Waals surface area contributed by atoms with E-state index in [9.17, 15) is 9.59 Å². The molecule has 4 aliphatic rings. The van der Waals surface area contributed by atoms with Crippen molar-refractivity contribution in [3.63, 3.8) is 0 Å². The largest absolute Gasteiger partial charge is 0.465 e. The monoisotopic (exact) mass is 362 g/mol. The van der Waals surface area contributed by atoms with Gasteiger partial charge in [-0.25, -0.2) is 0 Å². The Kier molecular flexibility index (Phi) is 5.04. The fourth-order valence-corrected chi connectivity index (χ4v) is 7.48. The first kappa shape index (κ1) is 18.3. The van der Waals surface area contributed by atoms with Crippen LogP contribution in [0.2, 0.25) is 0 Å². The molecule has 3 saturated carbocycles. The van der Waals surface area contributed by atoms with Crippen LogP contribution in [0, 0.1) is 47.3 Å². The maximum Gasteiger partial charge on any atom is 0.312 e. The minimum Gasteiger partial charge on any atom is -0.465 e. The molecule has 0 aromatic rings. The van der Waals surface area contributed by atoms with Crippen molar-refractivity contribution in [2.45, 2.75) is 71.8 Å². The minimum absolute atomic E-state index is 0.147. The van der Waals surface area contributed by atoms with Crippen molar-refractivity contribution < 1.29 is 19.1 Å². The van der Waals surface area contributed by atoms with Crippen LogP contribution in [-0.4, -0.2) is 24.6 Å². The molecule has 0 aromatic heterocycles. The summed E-state index contributed by atoms with van der Waals surface area (Å²) < 4.78 is 11.2. The van der Waals surface area contributed by atoms with Gasteiger partial charge in [0.05, 0.1) is 12.5 Å². The molecule has 0 N–H and O–H groups in total. The average molecular weight is 363 g/mol. The quantitative estimate of drug-likeness (QED) is 0.687. The molecule has 0 amide bonds. The van der Waals surface area contributed by atoms with E-state index < -0.39 is 0 Å². The van der Waals surface area contributed by atoms with Crippen LogP contribution in [0.15, 0.2) is 0 Å². The normalized spacial score (nSPS) is 45.3. The van der Waals surface area contributed by atoms with Crippen LogP contribution in [0.4, 0.5) is 0 Å². The molecule has 1 saturated heterocycles. The summed E-state index contributed by atoms with van der Waals surface area (Å²) in [5, 5.41) is 0. The maximum atomic E-state index is 12.4. The van der Waals surface area contributed by atoms with Gasteiger partial charge < -0.3 is 9.47 Å². The van der Waals surface area contributed by atoms with Gasteiger partial charge in [0.15, 0.2) is 0 Å². The highest BCUT2D eigenvalue weighted by Crippen LogP contribution is 2.66. The van der Waals surface area contributed by atoms with E-state index in [0.717, 1.165) is 48.9 Å². The van der Waals surface area contributed by atoms with Gasteiger partial charge >= 0.3 is 11.9 Å². The predicted octanol–water partition coefficient (Wildman–Crippen LogP) is 4.22. The summed E-state index contributed by atoms with van der Waals surface area (Å²) in [4.78, 5) is 24.3. The van der Waals surface area contributed by atoms with E-state index in [2.05, 4.69) is 13.8 Å². The second-order valence-corrected chi connectivity index (χ2v) is 9.28. The molecule has 9 unspecified atom stereocenters. The summed E-state index contributed by atoms with van der Waals surface area (Å²) in [6.45, 7) is 6.68. The van der Waals surface area contributed by atoms with E-state index in [1.807, 2.05) is 0 Å². The molecule has 4 fully saturated rings. The lowest BCUT2D eigenvalue weighted by Gasteiger charge is -2.41. The number of carbonyl (C=O) groups is 2. The zero-order valence-corrected chi connectivity index (χ0v) is 16.5. The first-order valence-electron chi connectivity index (χ1n) is 10.9. The standard InChI is InChI=1S/C22H34O4/c1-4-13-9-14(5-2)20-17-10-15(19(13)20)11-18(17)21(26-12(3)23)16-7-6-8-25-22(16)24/h13-21H,4-11H2,1-3H3. The number of carbonyl (C=O) groups excluding carboxylic acids is 2. The van der Waals surface area contributed by atoms with Gasteiger partial charge in [-0.3, -0.25) is 9.59 Å². The van der Waals surface area contributed by atoms with E-state index in [0.29, 0.717) is 18.4 Å². The van der Waals surface area contributed by atoms with Gasteiger partial charge in [-0.1, -0.05) is 26.7 Å². The third-order valence-corrected chi connectivity index (χ3v) is 8.25. The Labute approximate surface area is 157 Å². The lowest BCUT2D eigenvalue weighted by molar-refractivity contribution is -0.171. The predicted molar refractivity (Wildman–Crippen MR) is 98.1 cm³/mol. The molecule has 4 heteroatoms. The van der Waals surface area contributed by atoms with Crippen LogP contribution in [0.5, 0.6) is 0 Å². The van der Waals surface area contributed by atoms with E-state index >= 15 is 0 Å². The molecular weight excluding hydrogens is 328 g/mol. The molecule has 26 heavy (non-hydrogen) atoms. The summed E-state index contributed by atoms with van der Waals surface area (Å²) in [5.74, 6) is 4.47. The van der Waals surface area contributed by atoms with Crippen molar-refractivity contribution in [3.05, 3.63) is 0 Å². The Balaban J connectivity index is 1.58. The third kappa shape index (κ3) is 2.88. The van der Waals surface area contributed by atoms with Crippen molar-refractivity contribution in [1.29, 1.82) is 0 Å². The Hall–Kier alpha value is -1.06. The summed E-state index contributed by atoms with van der Waals surface area (Å²) in [6, 6.07) is 0. The Morgan fingerprint density at radius 2 is 1.88 bits per heavy atom. The van der Waals surface area contributed by atoms with E-state index in [1.54, 1.807) is 0 Å². The number of hydrogen-bond donors (Lipinski definition) is 0. The summed E-state index contributed by atoms with van der Waals surface area (Å²) in [7, 11) is 0. The molecule has 1 aliphatic heterocycles. The second kappa shape index (κ2) is 7.16. The van der Waals surface area contributed by atoms with Gasteiger partial charge in [-0.05, 0) is 67.6 Å². The van der Waals surface area contributed by atoms with Crippen LogP contribution in [0.3, 0.4) is 0 Å². The Morgan fingerprint density at radius 3 is 2.54 bits per heavy atom. The molecule has 4 nitrogen and oxygen atoms in total. The highest BCUT2D eigenvalue weighted by Gasteiger charge is 2.62. The van der Waals surface area contributed by atoms with Crippen LogP contribution in [0.1, 0.15) is 65.7 Å². The molecule has 4 rings (SSSR count). The van der Waals surface area contributed by atoms with Crippen molar-refractivity contribution in [2.24, 2.45) is 47.3 Å². The van der Waals surface area contributed by atoms with Gasteiger partial charge in [0.25, 0.3) is 0 Å². The average Bonchev–Trinajstić information content (AvgIpc) is 3.30. The smallest absolute Gasteiger partial charge is 0.312 e. The lowest BCUT2D eigenvalue weighted by Crippen LogP contribution is -2.45. The Bertz CT molecular complexity index is 558. The minimum atomic E-state index is -0.269. The van der Waals surface area contributed by atoms with E-state index in [-0.39, 0.29) is 24.0 Å². The van der Waals surface area contributed by atoms with Crippen molar-refractivity contribution in [1.82, 2.24) is 0 Å². The van der Waals surface area contributed by atoms with Crippen molar-refractivity contribution in [2.75, 3.05) is 6.61 Å². The van der Waals surface area contributed by atoms with Gasteiger partial charge in [0, 0.05) is 12.8 Å². The molecule has 146 valence electrons. The van der Waals surface area contributed by atoms with E-state index in [1.165, 1.54) is 32.6 Å². The SMILES string of the molecule is CCC1CC(CC)C2C3CC(CC3C(OC(C)=O)C3CCCOC3=O)C12. The third-order valence-electron chi connectivity index (χ3n) is 8.25. The molecule has 1 heterocycles. The highest BCUT2D eigenvalue weighted by molar-refractivity contribution is 5.75. The molecule has 0 aromatic carbocycles. The van der Waals surface area contributed by atoms with Gasteiger partial charge in [0.2, 0.25) is 0 Å². The molecule has 3 aliphatic carbocycles. The van der Waals surface area contributed by atoms with Crippen molar-refractivity contribution >= 4 is 11.9 Å².